The molecule has 0 spiro atoms. The lowest BCUT2D eigenvalue weighted by Gasteiger charge is -2.26. The monoisotopic (exact) mass is 214 g/mol. The number of allylic oxidation sites excluding steroid dienone is 1. The summed E-state index contributed by atoms with van der Waals surface area (Å²) < 4.78 is 0. The zero-order valence-corrected chi connectivity index (χ0v) is 10.5. The van der Waals surface area contributed by atoms with Crippen molar-refractivity contribution in [3.05, 3.63) is 11.9 Å². The molecule has 0 aromatic carbocycles. The Balaban J connectivity index is 2.79. The first-order valence-corrected chi connectivity index (χ1v) is 5.31. The average Bonchev–Trinajstić information content (AvgIpc) is 2.20. The van der Waals surface area contributed by atoms with E-state index in [1.165, 1.54) is 5.23 Å². The molecule has 0 saturated carbocycles. The molecule has 1 rings (SSSR count). The molecule has 15 heavy (non-hydrogen) atoms. The fraction of sp³-hybridized carbons (Fsp3) is 0.818. The van der Waals surface area contributed by atoms with E-state index in [-0.39, 0.29) is 11.2 Å². The summed E-state index contributed by atoms with van der Waals surface area (Å²) in [4.78, 5) is 11.3. The van der Waals surface area contributed by atoms with E-state index in [0.717, 1.165) is 0 Å². The lowest BCUT2D eigenvalue weighted by molar-refractivity contribution is -0.303. The molecule has 0 amide bonds. The van der Waals surface area contributed by atoms with Gasteiger partial charge >= 0.3 is 0 Å². The molecule has 0 bridgehead atoms. The third-order valence-electron chi connectivity index (χ3n) is 2.79. The molecule has 0 atom stereocenters. The zero-order chi connectivity index (χ0) is 11.9. The van der Waals surface area contributed by atoms with Crippen LogP contribution in [-0.4, -0.2) is 16.4 Å². The summed E-state index contributed by atoms with van der Waals surface area (Å²) >= 11 is 0. The Bertz CT molecular complexity index is 254. The molecule has 0 aliphatic carbocycles. The van der Waals surface area contributed by atoms with Gasteiger partial charge < -0.3 is 5.73 Å². The highest BCUT2D eigenvalue weighted by molar-refractivity contribution is 4.98. The van der Waals surface area contributed by atoms with E-state index in [0.29, 0.717) is 11.7 Å². The first kappa shape index (κ1) is 12.3. The summed E-state index contributed by atoms with van der Waals surface area (Å²) in [5, 5.41) is 1.32. The maximum Gasteiger partial charge on any atom is 0.151 e. The van der Waals surface area contributed by atoms with Crippen LogP contribution in [0, 0.1) is 5.92 Å². The van der Waals surface area contributed by atoms with Gasteiger partial charge in [0.25, 0.3) is 0 Å². The number of nitrogens with two attached hydrogens (primary N) is 1. The van der Waals surface area contributed by atoms with Crippen molar-refractivity contribution in [3.63, 3.8) is 0 Å². The predicted molar refractivity (Wildman–Crippen MR) is 59.3 cm³/mol. The topological polar surface area (TPSA) is 47.7 Å². The summed E-state index contributed by atoms with van der Waals surface area (Å²) in [6, 6.07) is 0. The van der Waals surface area contributed by atoms with Crippen molar-refractivity contribution < 1.29 is 9.68 Å². The van der Waals surface area contributed by atoms with Crippen LogP contribution < -0.4 is 5.73 Å². The minimum atomic E-state index is -0.386. The van der Waals surface area contributed by atoms with Gasteiger partial charge in [-0.2, -0.15) is 0 Å². The molecule has 0 unspecified atom stereocenters. The van der Waals surface area contributed by atoms with E-state index >= 15 is 0 Å². The number of hydrogen-bond acceptors (Lipinski definition) is 4. The molecule has 1 fully saturated rings. The molecule has 1 aliphatic rings. The van der Waals surface area contributed by atoms with Gasteiger partial charge in [-0.3, -0.25) is 0 Å². The van der Waals surface area contributed by atoms with Gasteiger partial charge in [0.1, 0.15) is 11.2 Å². The summed E-state index contributed by atoms with van der Waals surface area (Å²) in [6.45, 7) is 12.0. The fourth-order valence-electron chi connectivity index (χ4n) is 1.16. The molecule has 0 aromatic rings. The molecular weight excluding hydrogens is 192 g/mol. The van der Waals surface area contributed by atoms with Gasteiger partial charge in [0, 0.05) is 0 Å². The summed E-state index contributed by atoms with van der Waals surface area (Å²) in [6.07, 6.45) is 1.90. The van der Waals surface area contributed by atoms with Crippen LogP contribution in [0.5, 0.6) is 0 Å². The second kappa shape index (κ2) is 3.68. The van der Waals surface area contributed by atoms with E-state index in [4.69, 9.17) is 15.4 Å². The second-order valence-corrected chi connectivity index (χ2v) is 5.30. The molecule has 0 radical (unpaired) electrons. The second-order valence-electron chi connectivity index (χ2n) is 5.30. The summed E-state index contributed by atoms with van der Waals surface area (Å²) in [7, 11) is 0. The quantitative estimate of drug-likeness (QED) is 0.765. The molecule has 4 nitrogen and oxygen atoms in total. The largest absolute Gasteiger partial charge is 0.382 e. The molecule has 1 saturated heterocycles. The third kappa shape index (κ3) is 2.44. The molecule has 0 aromatic heterocycles. The minimum Gasteiger partial charge on any atom is -0.382 e. The van der Waals surface area contributed by atoms with Crippen LogP contribution >= 0.6 is 0 Å². The van der Waals surface area contributed by atoms with E-state index in [1.807, 2.05) is 33.8 Å². The standard InChI is InChI=1S/C11H22N2O2/c1-8(2)7-9(12)13-14-10(3,4)11(5,6)15-13/h7-8H,12H2,1-6H3/b9-7-. The Hall–Kier alpha value is -0.740. The van der Waals surface area contributed by atoms with Gasteiger partial charge in [-0.05, 0) is 39.7 Å². The van der Waals surface area contributed by atoms with Crippen LogP contribution in [0.25, 0.3) is 0 Å². The van der Waals surface area contributed by atoms with Gasteiger partial charge in [0.15, 0.2) is 5.82 Å². The van der Waals surface area contributed by atoms with E-state index < -0.39 is 0 Å². The number of hydroxylamine groups is 2. The Kier molecular flexibility index (Phi) is 3.03. The molecule has 2 N–H and O–H groups in total. The molecular formula is C11H22N2O2. The van der Waals surface area contributed by atoms with Crippen LogP contribution in [-0.2, 0) is 9.68 Å². The normalized spacial score (nSPS) is 25.0. The highest BCUT2D eigenvalue weighted by Crippen LogP contribution is 2.38. The van der Waals surface area contributed by atoms with Crippen molar-refractivity contribution in [1.82, 2.24) is 5.23 Å². The van der Waals surface area contributed by atoms with Crippen molar-refractivity contribution in [3.8, 4) is 0 Å². The summed E-state index contributed by atoms with van der Waals surface area (Å²) in [5.74, 6) is 0.868. The molecule has 1 heterocycles. The molecule has 4 heteroatoms. The van der Waals surface area contributed by atoms with Gasteiger partial charge in [-0.1, -0.05) is 13.8 Å². The van der Waals surface area contributed by atoms with Crippen molar-refractivity contribution in [2.45, 2.75) is 52.7 Å². The number of rotatable bonds is 2. The Morgan fingerprint density at radius 2 is 1.53 bits per heavy atom. The first-order chi connectivity index (χ1) is 6.66. The lowest BCUT2D eigenvalue weighted by atomic mass is 9.90. The maximum atomic E-state index is 5.86. The predicted octanol–water partition coefficient (Wildman–Crippen LogP) is 2.18. The Labute approximate surface area is 91.9 Å². The zero-order valence-electron chi connectivity index (χ0n) is 10.5. The Morgan fingerprint density at radius 1 is 1.13 bits per heavy atom. The maximum absolute atomic E-state index is 5.86. The summed E-state index contributed by atoms with van der Waals surface area (Å²) in [5.41, 5.74) is 5.09. The SMILES string of the molecule is CC(C)/C=C(/N)N1OC(C)(C)C(C)(C)O1. The molecule has 88 valence electrons. The van der Waals surface area contributed by atoms with Crippen molar-refractivity contribution in [2.75, 3.05) is 0 Å². The van der Waals surface area contributed by atoms with Gasteiger partial charge in [-0.15, -0.1) is 5.23 Å². The number of nitrogens with zero attached hydrogens (tertiary/aromatic N) is 1. The van der Waals surface area contributed by atoms with Crippen molar-refractivity contribution in [1.29, 1.82) is 0 Å². The third-order valence-corrected chi connectivity index (χ3v) is 2.79. The average molecular weight is 214 g/mol. The van der Waals surface area contributed by atoms with E-state index in [2.05, 4.69) is 13.8 Å². The van der Waals surface area contributed by atoms with Crippen LogP contribution in [0.1, 0.15) is 41.5 Å². The van der Waals surface area contributed by atoms with E-state index in [9.17, 15) is 0 Å². The highest BCUT2D eigenvalue weighted by atomic mass is 17.0. The first-order valence-electron chi connectivity index (χ1n) is 5.31. The van der Waals surface area contributed by atoms with Crippen LogP contribution in [0.3, 0.4) is 0 Å². The van der Waals surface area contributed by atoms with Gasteiger partial charge in [-0.25, -0.2) is 9.68 Å². The van der Waals surface area contributed by atoms with Gasteiger partial charge in [0.05, 0.1) is 0 Å². The van der Waals surface area contributed by atoms with Crippen LogP contribution in [0.4, 0.5) is 0 Å². The fourth-order valence-corrected chi connectivity index (χ4v) is 1.16. The number of hydrogen-bond donors (Lipinski definition) is 1. The van der Waals surface area contributed by atoms with Crippen molar-refractivity contribution >= 4 is 0 Å². The van der Waals surface area contributed by atoms with E-state index in [1.54, 1.807) is 0 Å². The molecule has 1 aliphatic heterocycles. The lowest BCUT2D eigenvalue weighted by Crippen LogP contribution is -2.41. The van der Waals surface area contributed by atoms with Crippen LogP contribution in [0.2, 0.25) is 0 Å². The van der Waals surface area contributed by atoms with Crippen molar-refractivity contribution in [2.24, 2.45) is 11.7 Å². The Morgan fingerprint density at radius 3 is 1.87 bits per heavy atom. The minimum absolute atomic E-state index is 0.365. The van der Waals surface area contributed by atoms with Crippen LogP contribution in [0.15, 0.2) is 11.9 Å². The van der Waals surface area contributed by atoms with Gasteiger partial charge in [0.2, 0.25) is 0 Å². The highest BCUT2D eigenvalue weighted by Gasteiger charge is 2.50. The smallest absolute Gasteiger partial charge is 0.151 e.